The molecule has 1 heterocycles. The van der Waals surface area contributed by atoms with E-state index in [2.05, 4.69) is 170 Å². The van der Waals surface area contributed by atoms with Gasteiger partial charge in [-0.15, -0.1) is 0 Å². The molecule has 11 rings (SSSR count). The molecule has 7 aromatic carbocycles. The minimum Gasteiger partial charge on any atom is -0.309 e. The summed E-state index contributed by atoms with van der Waals surface area (Å²) in [5, 5.41) is 2.59. The number of benzene rings is 7. The Morgan fingerprint density at radius 1 is 0.404 bits per heavy atom. The summed E-state index contributed by atoms with van der Waals surface area (Å²) in [4.78, 5) is 0. The highest BCUT2D eigenvalue weighted by molar-refractivity contribution is 6.16. The molecule has 1 nitrogen and oxygen atoms in total. The first-order valence-electron chi connectivity index (χ1n) is 16.7. The van der Waals surface area contributed by atoms with E-state index < -0.39 is 0 Å². The number of fused-ring (bicyclic) bond motifs is 17. The molecule has 8 aromatic rings. The number of rotatable bonds is 1. The van der Waals surface area contributed by atoms with Crippen molar-refractivity contribution in [2.45, 2.75) is 24.7 Å². The summed E-state index contributed by atoms with van der Waals surface area (Å²) in [5.41, 5.74) is 19.7. The van der Waals surface area contributed by atoms with Gasteiger partial charge in [-0.25, -0.2) is 0 Å². The van der Waals surface area contributed by atoms with Gasteiger partial charge in [0.1, 0.15) is 0 Å². The molecular weight excluding hydrogens is 567 g/mol. The van der Waals surface area contributed by atoms with Gasteiger partial charge in [0.05, 0.1) is 16.4 Å². The van der Waals surface area contributed by atoms with Crippen molar-refractivity contribution in [1.82, 2.24) is 4.57 Å². The van der Waals surface area contributed by atoms with Crippen LogP contribution in [0.1, 0.15) is 47.2 Å². The van der Waals surface area contributed by atoms with E-state index in [1.165, 1.54) is 94.3 Å². The third-order valence-corrected chi connectivity index (χ3v) is 11.6. The summed E-state index contributed by atoms with van der Waals surface area (Å²) in [6.45, 7) is 4.75. The highest BCUT2D eigenvalue weighted by Crippen LogP contribution is 2.64. The first-order chi connectivity index (χ1) is 23.1. The van der Waals surface area contributed by atoms with Gasteiger partial charge in [-0.05, 0) is 79.4 Å². The average Bonchev–Trinajstić information content (AvgIpc) is 3.79. The summed E-state index contributed by atoms with van der Waals surface area (Å²) in [7, 11) is 0. The van der Waals surface area contributed by atoms with E-state index in [9.17, 15) is 0 Å². The summed E-state index contributed by atoms with van der Waals surface area (Å²) in [6.07, 6.45) is 0. The Morgan fingerprint density at radius 3 is 1.64 bits per heavy atom. The van der Waals surface area contributed by atoms with Crippen LogP contribution in [0, 0.1) is 0 Å². The second kappa shape index (κ2) is 8.57. The molecule has 0 saturated carbocycles. The molecule has 0 bridgehead atoms. The Labute approximate surface area is 274 Å². The van der Waals surface area contributed by atoms with Crippen molar-refractivity contribution in [2.24, 2.45) is 0 Å². The van der Waals surface area contributed by atoms with Gasteiger partial charge in [0.15, 0.2) is 0 Å². The molecule has 1 aromatic heterocycles. The highest BCUT2D eigenvalue weighted by Gasteiger charge is 2.52. The van der Waals surface area contributed by atoms with Gasteiger partial charge in [0, 0.05) is 27.4 Å². The van der Waals surface area contributed by atoms with E-state index in [0.717, 1.165) is 0 Å². The maximum absolute atomic E-state index is 2.56. The molecule has 1 spiro atoms. The molecule has 0 N–H and O–H groups in total. The Balaban J connectivity index is 1.29. The van der Waals surface area contributed by atoms with Gasteiger partial charge in [-0.3, -0.25) is 0 Å². The van der Waals surface area contributed by atoms with Gasteiger partial charge in [-0.1, -0.05) is 147 Å². The topological polar surface area (TPSA) is 4.93 Å². The lowest BCUT2D eigenvalue weighted by Crippen LogP contribution is -2.25. The van der Waals surface area contributed by atoms with Crippen LogP contribution < -0.4 is 0 Å². The van der Waals surface area contributed by atoms with Crippen molar-refractivity contribution in [1.29, 1.82) is 0 Å². The maximum atomic E-state index is 2.56. The van der Waals surface area contributed by atoms with Crippen LogP contribution in [0.3, 0.4) is 0 Å². The van der Waals surface area contributed by atoms with Gasteiger partial charge in [0.2, 0.25) is 0 Å². The van der Waals surface area contributed by atoms with E-state index in [0.29, 0.717) is 0 Å². The van der Waals surface area contributed by atoms with Gasteiger partial charge in [-0.2, -0.15) is 0 Å². The van der Waals surface area contributed by atoms with Crippen LogP contribution in [-0.4, -0.2) is 4.57 Å². The average molecular weight is 598 g/mol. The predicted molar refractivity (Wildman–Crippen MR) is 195 cm³/mol. The molecule has 0 unspecified atom stereocenters. The van der Waals surface area contributed by atoms with Crippen molar-refractivity contribution in [2.75, 3.05) is 0 Å². The smallest absolute Gasteiger partial charge is 0.0726 e. The fraction of sp³-hybridized carbons (Fsp3) is 0.0870. The lowest BCUT2D eigenvalue weighted by Gasteiger charge is -2.30. The van der Waals surface area contributed by atoms with Gasteiger partial charge in [0.25, 0.3) is 0 Å². The van der Waals surface area contributed by atoms with Crippen LogP contribution in [0.25, 0.3) is 60.9 Å². The Bertz CT molecular complexity index is 2620. The van der Waals surface area contributed by atoms with Crippen molar-refractivity contribution in [3.8, 4) is 39.1 Å². The maximum Gasteiger partial charge on any atom is 0.0726 e. The first kappa shape index (κ1) is 25.5. The lowest BCUT2D eigenvalue weighted by atomic mass is 9.70. The SMILES string of the molecule is CC1(C)c2ccccc2-c2ccc(-n3c4ccccc4c4ccc5c(c43)-c3ccccc3C53c4ccccc4-c4ccccc43)cc21. The first-order valence-corrected chi connectivity index (χ1v) is 16.7. The zero-order valence-electron chi connectivity index (χ0n) is 26.4. The van der Waals surface area contributed by atoms with Gasteiger partial charge < -0.3 is 4.57 Å². The molecule has 0 aliphatic heterocycles. The molecule has 1 heteroatoms. The number of hydrogen-bond acceptors (Lipinski definition) is 0. The minimum atomic E-state index is -0.365. The molecule has 3 aliphatic carbocycles. The van der Waals surface area contributed by atoms with Gasteiger partial charge >= 0.3 is 0 Å². The van der Waals surface area contributed by atoms with E-state index in [1.54, 1.807) is 0 Å². The summed E-state index contributed by atoms with van der Waals surface area (Å²) < 4.78 is 2.56. The predicted octanol–water partition coefficient (Wildman–Crippen LogP) is 11.4. The Kier molecular flexibility index (Phi) is 4.66. The fourth-order valence-electron chi connectivity index (χ4n) is 9.73. The number of hydrogen-bond donors (Lipinski definition) is 0. The monoisotopic (exact) mass is 597 g/mol. The highest BCUT2D eigenvalue weighted by atomic mass is 15.0. The number of para-hydroxylation sites is 1. The minimum absolute atomic E-state index is 0.0728. The zero-order chi connectivity index (χ0) is 31.1. The molecule has 47 heavy (non-hydrogen) atoms. The Morgan fingerprint density at radius 2 is 0.936 bits per heavy atom. The molecule has 0 saturated heterocycles. The van der Waals surface area contributed by atoms with Crippen LogP contribution in [0.2, 0.25) is 0 Å². The molecule has 220 valence electrons. The van der Waals surface area contributed by atoms with E-state index in [-0.39, 0.29) is 10.8 Å². The van der Waals surface area contributed by atoms with Crippen molar-refractivity contribution in [3.63, 3.8) is 0 Å². The molecule has 0 atom stereocenters. The molecule has 0 amide bonds. The van der Waals surface area contributed by atoms with Crippen LogP contribution >= 0.6 is 0 Å². The van der Waals surface area contributed by atoms with E-state index in [1.807, 2.05) is 0 Å². The Hall–Kier alpha value is -5.66. The van der Waals surface area contributed by atoms with Crippen LogP contribution in [0.4, 0.5) is 0 Å². The third-order valence-electron chi connectivity index (χ3n) is 11.6. The van der Waals surface area contributed by atoms with Crippen LogP contribution in [0.15, 0.2) is 152 Å². The fourth-order valence-corrected chi connectivity index (χ4v) is 9.73. The molecule has 0 radical (unpaired) electrons. The zero-order valence-corrected chi connectivity index (χ0v) is 26.4. The van der Waals surface area contributed by atoms with Crippen molar-refractivity contribution >= 4 is 21.8 Å². The quantitative estimate of drug-likeness (QED) is 0.177. The summed E-state index contributed by atoms with van der Waals surface area (Å²) in [5.74, 6) is 0. The molecule has 3 aliphatic rings. The lowest BCUT2D eigenvalue weighted by molar-refractivity contribution is 0.660. The van der Waals surface area contributed by atoms with Crippen LogP contribution in [-0.2, 0) is 10.8 Å². The largest absolute Gasteiger partial charge is 0.309 e. The number of nitrogens with zero attached hydrogens (tertiary/aromatic N) is 1. The summed E-state index contributed by atoms with van der Waals surface area (Å²) in [6, 6.07) is 57.2. The third kappa shape index (κ3) is 2.89. The molecular formula is C46H31N. The second-order valence-corrected chi connectivity index (χ2v) is 14.0. The van der Waals surface area contributed by atoms with Crippen molar-refractivity contribution < 1.29 is 0 Å². The summed E-state index contributed by atoms with van der Waals surface area (Å²) >= 11 is 0. The standard InChI is InChI=1S/C46H31N/c1-45(2)36-18-8-3-13-29(36)32-24-23-28(27-41(32)45)47-42-22-12-7-16-33(42)34-25-26-40-43(44(34)47)35-17-6-11-21-39(35)46(40)37-19-9-4-14-30(37)31-15-5-10-20-38(31)46/h3-27H,1-2H3. The van der Waals surface area contributed by atoms with Crippen LogP contribution in [0.5, 0.6) is 0 Å². The molecule has 0 fully saturated rings. The van der Waals surface area contributed by atoms with E-state index in [4.69, 9.17) is 0 Å². The van der Waals surface area contributed by atoms with E-state index >= 15 is 0 Å². The normalized spacial score (nSPS) is 15.4. The van der Waals surface area contributed by atoms with Crippen molar-refractivity contribution in [3.05, 3.63) is 185 Å². The second-order valence-electron chi connectivity index (χ2n) is 14.0. The number of aromatic nitrogens is 1.